The van der Waals surface area contributed by atoms with E-state index in [1.54, 1.807) is 50.1 Å². The van der Waals surface area contributed by atoms with Gasteiger partial charge in [0.15, 0.2) is 11.5 Å². The topological polar surface area (TPSA) is 102 Å². The summed E-state index contributed by atoms with van der Waals surface area (Å²) >= 11 is 0. The highest BCUT2D eigenvalue weighted by Gasteiger charge is 2.18. The van der Waals surface area contributed by atoms with Gasteiger partial charge in [0.25, 0.3) is 11.4 Å². The molecule has 25 heavy (non-hydrogen) atoms. The molecule has 0 saturated carbocycles. The van der Waals surface area contributed by atoms with E-state index < -0.39 is 9.85 Å². The summed E-state index contributed by atoms with van der Waals surface area (Å²) in [6.07, 6.45) is 0. The van der Waals surface area contributed by atoms with Gasteiger partial charge in [0.1, 0.15) is 0 Å². The summed E-state index contributed by atoms with van der Waals surface area (Å²) in [5, 5.41) is 22.1. The predicted molar refractivity (Wildman–Crippen MR) is 94.9 cm³/mol. The highest BCUT2D eigenvalue weighted by Crippen LogP contribution is 2.39. The second-order valence-corrected chi connectivity index (χ2v) is 5.71. The zero-order chi connectivity index (χ0) is 18.7. The molecule has 9 heteroatoms. The molecule has 0 atom stereocenters. The molecule has 0 spiro atoms. The van der Waals surface area contributed by atoms with Gasteiger partial charge in [-0.05, 0) is 12.1 Å². The molecule has 2 aromatic carbocycles. The minimum atomic E-state index is -0.521. The quantitative estimate of drug-likeness (QED) is 0.583. The Balaban J connectivity index is 2.57. The van der Waals surface area contributed by atoms with Crippen LogP contribution in [-0.4, -0.2) is 38.0 Å². The molecule has 0 radical (unpaired) electrons. The first-order valence-corrected chi connectivity index (χ1v) is 7.30. The average Bonchev–Trinajstić information content (AvgIpc) is 2.54. The molecule has 0 fully saturated rings. The van der Waals surface area contributed by atoms with Crippen LogP contribution in [0, 0.1) is 20.2 Å². The van der Waals surface area contributed by atoms with Crippen molar-refractivity contribution in [2.24, 2.45) is 0 Å². The molecule has 0 aliphatic heterocycles. The third kappa shape index (κ3) is 3.94. The Morgan fingerprint density at radius 2 is 1.12 bits per heavy atom. The standard InChI is InChI=1S/C16H18N4O5/c1-17(2)13-7-5-11(19(21)22)9-15(13)25-16-10-12(20(23)24)6-8-14(16)18(3)4/h5-10H,1-4H3. The Kier molecular flexibility index (Phi) is 5.06. The summed E-state index contributed by atoms with van der Waals surface area (Å²) in [6.45, 7) is 0. The van der Waals surface area contributed by atoms with Crippen molar-refractivity contribution in [2.75, 3.05) is 38.0 Å². The fourth-order valence-corrected chi connectivity index (χ4v) is 2.25. The molecule has 2 rings (SSSR count). The number of nitrogens with zero attached hydrogens (tertiary/aromatic N) is 4. The van der Waals surface area contributed by atoms with Crippen LogP contribution >= 0.6 is 0 Å². The lowest BCUT2D eigenvalue weighted by atomic mass is 10.2. The number of nitro benzene ring substituents is 2. The number of anilines is 2. The summed E-state index contributed by atoms with van der Waals surface area (Å²) < 4.78 is 5.85. The van der Waals surface area contributed by atoms with Crippen LogP contribution in [0.25, 0.3) is 0 Å². The Morgan fingerprint density at radius 3 is 1.40 bits per heavy atom. The van der Waals surface area contributed by atoms with E-state index in [2.05, 4.69) is 0 Å². The number of hydrogen-bond donors (Lipinski definition) is 0. The molecule has 0 aromatic heterocycles. The Morgan fingerprint density at radius 1 is 0.760 bits per heavy atom. The molecule has 0 unspecified atom stereocenters. The lowest BCUT2D eigenvalue weighted by Crippen LogP contribution is -2.12. The number of benzene rings is 2. The first-order chi connectivity index (χ1) is 11.7. The van der Waals surface area contributed by atoms with Crippen LogP contribution < -0.4 is 14.5 Å². The van der Waals surface area contributed by atoms with Gasteiger partial charge in [-0.2, -0.15) is 0 Å². The van der Waals surface area contributed by atoms with Crippen molar-refractivity contribution in [1.82, 2.24) is 0 Å². The van der Waals surface area contributed by atoms with E-state index in [9.17, 15) is 20.2 Å². The summed E-state index contributed by atoms with van der Waals surface area (Å²) in [6, 6.07) is 8.49. The molecule has 2 aromatic rings. The molecule has 0 amide bonds. The van der Waals surface area contributed by atoms with Crippen molar-refractivity contribution in [1.29, 1.82) is 0 Å². The molecular formula is C16H18N4O5. The third-order valence-electron chi connectivity index (χ3n) is 3.49. The first-order valence-electron chi connectivity index (χ1n) is 7.30. The van der Waals surface area contributed by atoms with Crippen molar-refractivity contribution < 1.29 is 14.6 Å². The average molecular weight is 346 g/mol. The zero-order valence-electron chi connectivity index (χ0n) is 14.3. The summed E-state index contributed by atoms with van der Waals surface area (Å²) in [5.74, 6) is 0.477. The number of non-ortho nitro benzene ring substituents is 2. The second-order valence-electron chi connectivity index (χ2n) is 5.71. The monoisotopic (exact) mass is 346 g/mol. The van der Waals surface area contributed by atoms with Gasteiger partial charge in [0.05, 0.1) is 33.4 Å². The molecule has 0 aliphatic carbocycles. The lowest BCUT2D eigenvalue weighted by molar-refractivity contribution is -0.384. The molecule has 0 saturated heterocycles. The molecular weight excluding hydrogens is 328 g/mol. The number of rotatable bonds is 6. The van der Waals surface area contributed by atoms with E-state index >= 15 is 0 Å². The smallest absolute Gasteiger partial charge is 0.273 e. The zero-order valence-corrected chi connectivity index (χ0v) is 14.3. The van der Waals surface area contributed by atoms with Gasteiger partial charge >= 0.3 is 0 Å². The van der Waals surface area contributed by atoms with Gasteiger partial charge in [-0.1, -0.05) is 0 Å². The van der Waals surface area contributed by atoms with E-state index in [0.717, 1.165) is 0 Å². The van der Waals surface area contributed by atoms with Crippen molar-refractivity contribution in [2.45, 2.75) is 0 Å². The Hall–Kier alpha value is -3.36. The molecule has 132 valence electrons. The van der Waals surface area contributed by atoms with Crippen molar-refractivity contribution in [3.05, 3.63) is 56.6 Å². The molecule has 9 nitrogen and oxygen atoms in total. The Bertz CT molecular complexity index is 753. The maximum absolute atomic E-state index is 11.0. The van der Waals surface area contributed by atoms with E-state index in [1.165, 1.54) is 24.3 Å². The van der Waals surface area contributed by atoms with E-state index in [-0.39, 0.29) is 22.9 Å². The number of hydrogen-bond acceptors (Lipinski definition) is 7. The maximum Gasteiger partial charge on any atom is 0.273 e. The van der Waals surface area contributed by atoms with Gasteiger partial charge in [0.2, 0.25) is 0 Å². The van der Waals surface area contributed by atoms with E-state index in [4.69, 9.17) is 4.74 Å². The summed E-state index contributed by atoms with van der Waals surface area (Å²) in [5.41, 5.74) is 0.971. The lowest BCUT2D eigenvalue weighted by Gasteiger charge is -2.21. The van der Waals surface area contributed by atoms with Crippen molar-refractivity contribution in [3.63, 3.8) is 0 Å². The van der Waals surface area contributed by atoms with Crippen LogP contribution in [0.15, 0.2) is 36.4 Å². The third-order valence-corrected chi connectivity index (χ3v) is 3.49. The maximum atomic E-state index is 11.0. The molecule has 0 heterocycles. The van der Waals surface area contributed by atoms with Crippen LogP contribution in [0.1, 0.15) is 0 Å². The highest BCUT2D eigenvalue weighted by atomic mass is 16.6. The summed E-state index contributed by atoms with van der Waals surface area (Å²) in [7, 11) is 7.09. The first kappa shape index (κ1) is 18.0. The van der Waals surface area contributed by atoms with Crippen molar-refractivity contribution in [3.8, 4) is 11.5 Å². The van der Waals surface area contributed by atoms with Crippen LogP contribution in [0.3, 0.4) is 0 Å². The second kappa shape index (κ2) is 7.04. The minimum Gasteiger partial charge on any atom is -0.452 e. The Labute approximate surface area is 144 Å². The van der Waals surface area contributed by atoms with Crippen LogP contribution in [0.2, 0.25) is 0 Å². The normalized spacial score (nSPS) is 10.2. The minimum absolute atomic E-state index is 0.127. The summed E-state index contributed by atoms with van der Waals surface area (Å²) in [4.78, 5) is 24.5. The van der Waals surface area contributed by atoms with E-state index in [0.29, 0.717) is 11.4 Å². The predicted octanol–water partition coefficient (Wildman–Crippen LogP) is 3.43. The largest absolute Gasteiger partial charge is 0.452 e. The van der Waals surface area contributed by atoms with Gasteiger partial charge in [-0.25, -0.2) is 0 Å². The molecule has 0 N–H and O–H groups in total. The van der Waals surface area contributed by atoms with Crippen LogP contribution in [-0.2, 0) is 0 Å². The van der Waals surface area contributed by atoms with E-state index in [1.807, 2.05) is 0 Å². The van der Waals surface area contributed by atoms with Gasteiger partial charge < -0.3 is 14.5 Å². The fourth-order valence-electron chi connectivity index (χ4n) is 2.25. The molecule has 0 aliphatic rings. The van der Waals surface area contributed by atoms with Crippen molar-refractivity contribution >= 4 is 22.7 Å². The van der Waals surface area contributed by atoms with Crippen LogP contribution in [0.4, 0.5) is 22.7 Å². The SMILES string of the molecule is CN(C)c1ccc([N+](=O)[O-])cc1Oc1cc([N+](=O)[O-])ccc1N(C)C. The molecule has 0 bridgehead atoms. The van der Waals surface area contributed by atoms with Gasteiger partial charge in [0, 0.05) is 40.3 Å². The fraction of sp³-hybridized carbons (Fsp3) is 0.250. The highest BCUT2D eigenvalue weighted by molar-refractivity contribution is 5.67. The number of nitro groups is 2. The van der Waals surface area contributed by atoms with Gasteiger partial charge in [-0.3, -0.25) is 20.2 Å². The van der Waals surface area contributed by atoms with Crippen LogP contribution in [0.5, 0.6) is 11.5 Å². The van der Waals surface area contributed by atoms with Gasteiger partial charge in [-0.15, -0.1) is 0 Å². The number of ether oxygens (including phenoxy) is 1.